The summed E-state index contributed by atoms with van der Waals surface area (Å²) in [6.45, 7) is 5.46. The number of carboxylic acid groups (broad SMARTS) is 1. The van der Waals surface area contributed by atoms with Gasteiger partial charge in [0.2, 0.25) is 0 Å². The highest BCUT2D eigenvalue weighted by molar-refractivity contribution is 7.80. The zero-order chi connectivity index (χ0) is 26.1. The SMILES string of the molecule is CC(C)(C)N(Cc1ccc(C(=O)NNC(=O)[C@@H]2CC[C@@H]3CN2C(=O)N3OS(=O)(=O)O)cc1)C(=O)O. The van der Waals surface area contributed by atoms with Gasteiger partial charge in [0.25, 0.3) is 11.8 Å². The molecular weight excluding hydrogens is 486 g/mol. The number of carbonyl (C=O) groups is 4. The van der Waals surface area contributed by atoms with Crippen molar-refractivity contribution in [3.63, 3.8) is 0 Å². The minimum Gasteiger partial charge on any atom is -0.465 e. The van der Waals surface area contributed by atoms with Gasteiger partial charge in [0.05, 0.1) is 6.04 Å². The Labute approximate surface area is 201 Å². The van der Waals surface area contributed by atoms with Crippen LogP contribution in [0.2, 0.25) is 0 Å². The second-order valence-corrected chi connectivity index (χ2v) is 10.2. The molecule has 0 unspecified atom stereocenters. The fraction of sp³-hybridized carbons (Fsp3) is 0.500. The van der Waals surface area contributed by atoms with Crippen LogP contribution in [0.3, 0.4) is 0 Å². The molecule has 1 aromatic rings. The highest BCUT2D eigenvalue weighted by atomic mass is 32.3. The second-order valence-electron chi connectivity index (χ2n) is 9.19. The van der Waals surface area contributed by atoms with E-state index < -0.39 is 52.0 Å². The molecule has 15 heteroatoms. The molecule has 2 aliphatic rings. The van der Waals surface area contributed by atoms with E-state index in [2.05, 4.69) is 15.1 Å². The highest BCUT2D eigenvalue weighted by Crippen LogP contribution is 2.30. The van der Waals surface area contributed by atoms with Gasteiger partial charge in [0, 0.05) is 24.2 Å². The van der Waals surface area contributed by atoms with E-state index >= 15 is 0 Å². The molecule has 2 saturated heterocycles. The second kappa shape index (κ2) is 9.67. The lowest BCUT2D eigenvalue weighted by molar-refractivity contribution is -0.126. The van der Waals surface area contributed by atoms with Crippen molar-refractivity contribution in [3.8, 4) is 0 Å². The molecule has 0 saturated carbocycles. The topological polar surface area (TPSA) is 186 Å². The molecule has 0 spiro atoms. The Morgan fingerprint density at radius 3 is 2.31 bits per heavy atom. The molecule has 35 heavy (non-hydrogen) atoms. The van der Waals surface area contributed by atoms with Gasteiger partial charge in [-0.15, -0.1) is 4.28 Å². The van der Waals surface area contributed by atoms with Crippen LogP contribution in [0.5, 0.6) is 0 Å². The highest BCUT2D eigenvalue weighted by Gasteiger charge is 2.49. The molecule has 192 valence electrons. The monoisotopic (exact) mass is 513 g/mol. The first-order chi connectivity index (χ1) is 16.2. The molecule has 0 aromatic heterocycles. The van der Waals surface area contributed by atoms with Crippen molar-refractivity contribution in [2.75, 3.05) is 6.54 Å². The van der Waals surface area contributed by atoms with Crippen LogP contribution < -0.4 is 10.9 Å². The van der Waals surface area contributed by atoms with Crippen LogP contribution in [0, 0.1) is 0 Å². The zero-order valence-electron chi connectivity index (χ0n) is 19.3. The first-order valence-electron chi connectivity index (χ1n) is 10.6. The molecular formula is C20H27N5O9S. The Bertz CT molecular complexity index is 1120. The van der Waals surface area contributed by atoms with Crippen LogP contribution >= 0.6 is 0 Å². The molecule has 0 radical (unpaired) electrons. The first-order valence-corrected chi connectivity index (χ1v) is 12.0. The molecule has 5 amide bonds. The lowest BCUT2D eigenvalue weighted by Gasteiger charge is -2.33. The Hall–Kier alpha value is -3.43. The number of hydrogen-bond acceptors (Lipinski definition) is 7. The number of carbonyl (C=O) groups excluding carboxylic acids is 3. The normalized spacial score (nSPS) is 19.9. The molecule has 1 aromatic carbocycles. The maximum atomic E-state index is 12.6. The van der Waals surface area contributed by atoms with Gasteiger partial charge in [-0.25, -0.2) is 9.59 Å². The fourth-order valence-electron chi connectivity index (χ4n) is 3.91. The van der Waals surface area contributed by atoms with E-state index in [1.165, 1.54) is 17.0 Å². The van der Waals surface area contributed by atoms with Crippen LogP contribution in [0.25, 0.3) is 0 Å². The van der Waals surface area contributed by atoms with Crippen LogP contribution in [-0.4, -0.2) is 81.0 Å². The van der Waals surface area contributed by atoms with Crippen molar-refractivity contribution < 1.29 is 41.5 Å². The summed E-state index contributed by atoms with van der Waals surface area (Å²) in [5, 5.41) is 9.93. The van der Waals surface area contributed by atoms with E-state index in [4.69, 9.17) is 4.55 Å². The number of hydroxylamine groups is 2. The van der Waals surface area contributed by atoms with Gasteiger partial charge in [0.1, 0.15) is 6.04 Å². The third-order valence-corrected chi connectivity index (χ3v) is 6.05. The van der Waals surface area contributed by atoms with Gasteiger partial charge in [0.15, 0.2) is 0 Å². The fourth-order valence-corrected chi connectivity index (χ4v) is 4.30. The van der Waals surface area contributed by atoms with E-state index in [0.717, 1.165) is 4.90 Å². The van der Waals surface area contributed by atoms with Crippen LogP contribution in [-0.2, 0) is 26.0 Å². The number of rotatable bonds is 6. The number of benzene rings is 1. The molecule has 2 bridgehead atoms. The van der Waals surface area contributed by atoms with Crippen molar-refractivity contribution in [1.82, 2.24) is 25.7 Å². The van der Waals surface area contributed by atoms with Crippen LogP contribution in [0.1, 0.15) is 49.5 Å². The quantitative estimate of drug-likeness (QED) is 0.314. The number of fused-ring (bicyclic) bond motifs is 2. The number of hydrogen-bond donors (Lipinski definition) is 4. The van der Waals surface area contributed by atoms with Gasteiger partial charge in [-0.3, -0.25) is 29.9 Å². The summed E-state index contributed by atoms with van der Waals surface area (Å²) in [7, 11) is -4.90. The maximum Gasteiger partial charge on any atom is 0.418 e. The zero-order valence-corrected chi connectivity index (χ0v) is 20.1. The third-order valence-electron chi connectivity index (χ3n) is 5.70. The number of amides is 5. The van der Waals surface area contributed by atoms with E-state index in [9.17, 15) is 32.7 Å². The van der Waals surface area contributed by atoms with E-state index in [-0.39, 0.29) is 31.5 Å². The molecule has 0 aliphatic carbocycles. The largest absolute Gasteiger partial charge is 0.465 e. The van der Waals surface area contributed by atoms with Crippen molar-refractivity contribution in [2.45, 2.75) is 57.8 Å². The summed E-state index contributed by atoms with van der Waals surface area (Å²) in [5.74, 6) is -1.31. The van der Waals surface area contributed by atoms with Gasteiger partial charge < -0.3 is 10.0 Å². The lowest BCUT2D eigenvalue weighted by atomic mass is 10.0. The first kappa shape index (κ1) is 26.2. The minimum atomic E-state index is -4.90. The number of nitrogens with one attached hydrogen (secondary N) is 2. The summed E-state index contributed by atoms with van der Waals surface area (Å²) >= 11 is 0. The summed E-state index contributed by atoms with van der Waals surface area (Å²) in [6.07, 6.45) is -0.640. The molecule has 3 rings (SSSR count). The number of hydrazine groups is 1. The Morgan fingerprint density at radius 1 is 1.14 bits per heavy atom. The summed E-state index contributed by atoms with van der Waals surface area (Å²) < 4.78 is 35.1. The van der Waals surface area contributed by atoms with E-state index in [1.807, 2.05) is 0 Å². The Morgan fingerprint density at radius 2 is 1.77 bits per heavy atom. The maximum absolute atomic E-state index is 12.6. The molecule has 14 nitrogen and oxygen atoms in total. The van der Waals surface area contributed by atoms with Crippen molar-refractivity contribution in [3.05, 3.63) is 35.4 Å². The van der Waals surface area contributed by atoms with Crippen molar-refractivity contribution >= 4 is 34.3 Å². The number of urea groups is 1. The standard InChI is InChI=1S/C20H27N5O9S/c1-20(2,3)24(19(29)30)10-12-4-6-13(7-5-12)16(26)21-22-17(27)15-9-8-14-11-23(15)18(28)25(14)34-35(31,32)33/h4-7,14-15H,8-11H2,1-3H3,(H,21,26)(H,22,27)(H,29,30)(H,31,32,33)/t14-,15+/m1/s1. The van der Waals surface area contributed by atoms with Gasteiger partial charge in [-0.05, 0) is 51.3 Å². The Balaban J connectivity index is 1.57. The van der Waals surface area contributed by atoms with Gasteiger partial charge in [-0.1, -0.05) is 12.1 Å². The Kier molecular flexibility index (Phi) is 7.23. The summed E-state index contributed by atoms with van der Waals surface area (Å²) in [6, 6.07) is 3.67. The molecule has 2 aliphatic heterocycles. The molecule has 2 fully saturated rings. The average Bonchev–Trinajstić information content (AvgIpc) is 2.98. The predicted octanol–water partition coefficient (Wildman–Crippen LogP) is 0.729. The van der Waals surface area contributed by atoms with Crippen LogP contribution in [0.15, 0.2) is 24.3 Å². The lowest BCUT2D eigenvalue weighted by Crippen LogP contribution is -2.54. The summed E-state index contributed by atoms with van der Waals surface area (Å²) in [4.78, 5) is 51.3. The van der Waals surface area contributed by atoms with Crippen molar-refractivity contribution in [2.24, 2.45) is 0 Å². The molecule has 2 atom stereocenters. The predicted molar refractivity (Wildman–Crippen MR) is 119 cm³/mol. The summed E-state index contributed by atoms with van der Waals surface area (Å²) in [5.41, 5.74) is 4.78. The molecule has 2 heterocycles. The van der Waals surface area contributed by atoms with E-state index in [0.29, 0.717) is 10.6 Å². The van der Waals surface area contributed by atoms with Crippen LogP contribution in [0.4, 0.5) is 9.59 Å². The van der Waals surface area contributed by atoms with Crippen molar-refractivity contribution in [1.29, 1.82) is 0 Å². The third kappa shape index (κ3) is 6.17. The smallest absolute Gasteiger partial charge is 0.418 e. The van der Waals surface area contributed by atoms with Gasteiger partial charge in [-0.2, -0.15) is 13.5 Å². The average molecular weight is 514 g/mol. The minimum absolute atomic E-state index is 0.0176. The number of piperidine rings is 1. The number of nitrogens with zero attached hydrogens (tertiary/aromatic N) is 3. The van der Waals surface area contributed by atoms with E-state index in [1.54, 1.807) is 32.9 Å². The molecule has 4 N–H and O–H groups in total. The van der Waals surface area contributed by atoms with Gasteiger partial charge >= 0.3 is 22.5 Å².